The minimum atomic E-state index is 0.181. The molecule has 0 bridgehead atoms. The molecule has 3 N–H and O–H groups in total. The highest BCUT2D eigenvalue weighted by Crippen LogP contribution is 2.32. The van der Waals surface area contributed by atoms with Crippen molar-refractivity contribution in [3.8, 4) is 0 Å². The summed E-state index contributed by atoms with van der Waals surface area (Å²) in [4.78, 5) is 2.42. The number of hydrogen-bond donors (Lipinski definition) is 2. The van der Waals surface area contributed by atoms with Crippen molar-refractivity contribution in [2.24, 2.45) is 5.73 Å². The van der Waals surface area contributed by atoms with Gasteiger partial charge in [0.1, 0.15) is 0 Å². The van der Waals surface area contributed by atoms with E-state index < -0.39 is 0 Å². The Hall–Kier alpha value is -0.420. The molecule has 1 unspecified atom stereocenters. The number of halogens is 1. The molecule has 0 amide bonds. The van der Waals surface area contributed by atoms with Gasteiger partial charge in [-0.05, 0) is 24.5 Å². The van der Waals surface area contributed by atoms with Gasteiger partial charge in [-0.3, -0.25) is 4.90 Å². The average Bonchev–Trinajstić information content (AvgIpc) is 2.50. The maximum atomic E-state index is 9.43. The van der Waals surface area contributed by atoms with Crippen LogP contribution in [0.15, 0.2) is 28.7 Å². The van der Waals surface area contributed by atoms with Crippen LogP contribution in [0.3, 0.4) is 0 Å². The first-order valence-corrected chi connectivity index (χ1v) is 8.38. The summed E-state index contributed by atoms with van der Waals surface area (Å²) in [7, 11) is 0. The van der Waals surface area contributed by atoms with Gasteiger partial charge >= 0.3 is 0 Å². The Morgan fingerprint density at radius 1 is 1.25 bits per heavy atom. The van der Waals surface area contributed by atoms with E-state index in [2.05, 4.69) is 39.0 Å². The van der Waals surface area contributed by atoms with Crippen LogP contribution in [0.4, 0.5) is 0 Å². The number of benzene rings is 1. The number of aliphatic hydroxyl groups excluding tert-OH is 1. The first-order valence-electron chi connectivity index (χ1n) is 7.59. The molecule has 0 aliphatic heterocycles. The molecule has 1 aliphatic carbocycles. The molecule has 0 aromatic heterocycles. The molecule has 0 radical (unpaired) electrons. The Balaban J connectivity index is 2.22. The summed E-state index contributed by atoms with van der Waals surface area (Å²) in [5.41, 5.74) is 7.30. The fourth-order valence-electron chi connectivity index (χ4n) is 3.31. The van der Waals surface area contributed by atoms with Gasteiger partial charge in [0.05, 0.1) is 6.61 Å². The molecule has 1 aromatic rings. The van der Waals surface area contributed by atoms with Gasteiger partial charge in [-0.2, -0.15) is 0 Å². The van der Waals surface area contributed by atoms with E-state index in [0.29, 0.717) is 19.1 Å². The molecule has 4 heteroatoms. The largest absolute Gasteiger partial charge is 0.395 e. The monoisotopic (exact) mass is 340 g/mol. The van der Waals surface area contributed by atoms with Crippen LogP contribution in [0.5, 0.6) is 0 Å². The normalized spacial score (nSPS) is 18.4. The summed E-state index contributed by atoms with van der Waals surface area (Å²) in [6, 6.07) is 9.02. The summed E-state index contributed by atoms with van der Waals surface area (Å²) in [5, 5.41) is 9.43. The predicted molar refractivity (Wildman–Crippen MR) is 86.6 cm³/mol. The molecular weight excluding hydrogens is 316 g/mol. The van der Waals surface area contributed by atoms with Crippen LogP contribution in [-0.2, 0) is 0 Å². The summed E-state index contributed by atoms with van der Waals surface area (Å²) in [6.07, 6.45) is 6.37. The van der Waals surface area contributed by atoms with Crippen LogP contribution in [0.1, 0.15) is 43.7 Å². The third-order valence-corrected chi connectivity index (χ3v) is 5.01. The molecule has 0 saturated heterocycles. The van der Waals surface area contributed by atoms with E-state index in [0.717, 1.165) is 4.47 Å². The summed E-state index contributed by atoms with van der Waals surface area (Å²) in [5.74, 6) is 0. The molecule has 1 aromatic carbocycles. The third kappa shape index (κ3) is 3.82. The van der Waals surface area contributed by atoms with E-state index in [-0.39, 0.29) is 12.6 Å². The topological polar surface area (TPSA) is 49.5 Å². The maximum absolute atomic E-state index is 9.43. The highest BCUT2D eigenvalue weighted by Gasteiger charge is 2.28. The highest BCUT2D eigenvalue weighted by atomic mass is 79.9. The first kappa shape index (κ1) is 16.0. The molecule has 0 spiro atoms. The van der Waals surface area contributed by atoms with E-state index in [9.17, 15) is 5.11 Å². The quantitative estimate of drug-likeness (QED) is 0.836. The van der Waals surface area contributed by atoms with Gasteiger partial charge in [0.15, 0.2) is 0 Å². The van der Waals surface area contributed by atoms with Crippen LogP contribution >= 0.6 is 15.9 Å². The second-order valence-corrected chi connectivity index (χ2v) is 6.38. The Morgan fingerprint density at radius 3 is 2.55 bits per heavy atom. The minimum absolute atomic E-state index is 0.181. The molecule has 20 heavy (non-hydrogen) atoms. The zero-order valence-electron chi connectivity index (χ0n) is 12.0. The number of hydrogen-bond acceptors (Lipinski definition) is 3. The highest BCUT2D eigenvalue weighted by molar-refractivity contribution is 9.10. The Kier molecular flexibility index (Phi) is 6.49. The Labute approximate surface area is 130 Å². The van der Waals surface area contributed by atoms with E-state index in [4.69, 9.17) is 5.73 Å². The second-order valence-electron chi connectivity index (χ2n) is 5.53. The van der Waals surface area contributed by atoms with Crippen LogP contribution in [0, 0.1) is 0 Å². The molecule has 1 aliphatic rings. The summed E-state index contributed by atoms with van der Waals surface area (Å²) >= 11 is 3.64. The van der Waals surface area contributed by atoms with Gasteiger partial charge in [-0.15, -0.1) is 0 Å². The molecule has 3 nitrogen and oxygen atoms in total. The standard InChI is InChI=1S/C16H25BrN2O/c17-15-9-5-4-8-14(15)16(12-18)19(10-11-20)13-6-2-1-3-7-13/h4-5,8-9,13,16,20H,1-3,6-7,10-12,18H2. The smallest absolute Gasteiger partial charge is 0.0558 e. The molecule has 112 valence electrons. The van der Waals surface area contributed by atoms with Crippen molar-refractivity contribution in [2.75, 3.05) is 19.7 Å². The Bertz CT molecular complexity index is 407. The van der Waals surface area contributed by atoms with Gasteiger partial charge in [0, 0.05) is 29.6 Å². The lowest BCUT2D eigenvalue weighted by Gasteiger charge is -2.39. The molecule has 1 atom stereocenters. The van der Waals surface area contributed by atoms with Crippen LogP contribution in [0.25, 0.3) is 0 Å². The van der Waals surface area contributed by atoms with E-state index in [1.807, 2.05) is 6.07 Å². The summed E-state index contributed by atoms with van der Waals surface area (Å²) in [6.45, 7) is 1.48. The fourth-order valence-corrected chi connectivity index (χ4v) is 3.86. The van der Waals surface area contributed by atoms with Gasteiger partial charge in [0.25, 0.3) is 0 Å². The zero-order valence-corrected chi connectivity index (χ0v) is 13.6. The number of rotatable bonds is 6. The number of nitrogens with zero attached hydrogens (tertiary/aromatic N) is 1. The molecular formula is C16H25BrN2O. The lowest BCUT2D eigenvalue weighted by atomic mass is 9.92. The van der Waals surface area contributed by atoms with Crippen molar-refractivity contribution in [1.82, 2.24) is 4.90 Å². The maximum Gasteiger partial charge on any atom is 0.0558 e. The number of nitrogens with two attached hydrogens (primary N) is 1. The number of aliphatic hydroxyl groups is 1. The van der Waals surface area contributed by atoms with Gasteiger partial charge < -0.3 is 10.8 Å². The first-order chi connectivity index (χ1) is 9.77. The van der Waals surface area contributed by atoms with Gasteiger partial charge in [0.2, 0.25) is 0 Å². The molecule has 2 rings (SSSR count). The molecule has 0 heterocycles. The zero-order chi connectivity index (χ0) is 14.4. The lowest BCUT2D eigenvalue weighted by molar-refractivity contribution is 0.0826. The van der Waals surface area contributed by atoms with Crippen LogP contribution in [-0.4, -0.2) is 35.7 Å². The fraction of sp³-hybridized carbons (Fsp3) is 0.625. The van der Waals surface area contributed by atoms with Crippen molar-refractivity contribution < 1.29 is 5.11 Å². The SMILES string of the molecule is NCC(c1ccccc1Br)N(CCO)C1CCCCC1. The second kappa shape index (κ2) is 8.13. The molecule has 1 saturated carbocycles. The van der Waals surface area contributed by atoms with Crippen molar-refractivity contribution in [3.63, 3.8) is 0 Å². The predicted octanol–water partition coefficient (Wildman–Crippen LogP) is 3.08. The summed E-state index contributed by atoms with van der Waals surface area (Å²) < 4.78 is 1.11. The van der Waals surface area contributed by atoms with Gasteiger partial charge in [-0.1, -0.05) is 53.4 Å². The van der Waals surface area contributed by atoms with E-state index in [1.54, 1.807) is 0 Å². The van der Waals surface area contributed by atoms with Crippen molar-refractivity contribution >= 4 is 15.9 Å². The van der Waals surface area contributed by atoms with Gasteiger partial charge in [-0.25, -0.2) is 0 Å². The van der Waals surface area contributed by atoms with Crippen LogP contribution < -0.4 is 5.73 Å². The van der Waals surface area contributed by atoms with Crippen molar-refractivity contribution in [3.05, 3.63) is 34.3 Å². The minimum Gasteiger partial charge on any atom is -0.395 e. The van der Waals surface area contributed by atoms with Crippen molar-refractivity contribution in [2.45, 2.75) is 44.2 Å². The van der Waals surface area contributed by atoms with E-state index in [1.165, 1.54) is 37.7 Å². The molecule has 1 fully saturated rings. The van der Waals surface area contributed by atoms with Crippen molar-refractivity contribution in [1.29, 1.82) is 0 Å². The van der Waals surface area contributed by atoms with Crippen LogP contribution in [0.2, 0.25) is 0 Å². The lowest BCUT2D eigenvalue weighted by Crippen LogP contribution is -2.44. The third-order valence-electron chi connectivity index (χ3n) is 4.29. The Morgan fingerprint density at radius 2 is 1.95 bits per heavy atom. The average molecular weight is 341 g/mol. The van der Waals surface area contributed by atoms with E-state index >= 15 is 0 Å².